The zero-order valence-electron chi connectivity index (χ0n) is 10.4. The van der Waals surface area contributed by atoms with Crippen LogP contribution in [0.15, 0.2) is 30.5 Å². The summed E-state index contributed by atoms with van der Waals surface area (Å²) in [5, 5.41) is 1.39. The molecule has 3 rings (SSSR count). The Morgan fingerprint density at radius 3 is 2.82 bits per heavy atom. The van der Waals surface area contributed by atoms with Gasteiger partial charge in [0.05, 0.1) is 0 Å². The minimum Gasteiger partial charge on any atom is -0.344 e. The van der Waals surface area contributed by atoms with Crippen molar-refractivity contribution in [2.75, 3.05) is 0 Å². The maximum atomic E-state index is 5.91. The van der Waals surface area contributed by atoms with E-state index in [1.165, 1.54) is 35.7 Å². The Morgan fingerprint density at radius 1 is 1.35 bits per heavy atom. The van der Waals surface area contributed by atoms with Crippen molar-refractivity contribution in [3.63, 3.8) is 0 Å². The van der Waals surface area contributed by atoms with Crippen LogP contribution in [0.1, 0.15) is 37.8 Å². The molecule has 0 spiro atoms. The van der Waals surface area contributed by atoms with E-state index in [0.29, 0.717) is 0 Å². The minimum absolute atomic E-state index is 0.229. The van der Waals surface area contributed by atoms with Crippen LogP contribution in [0.3, 0.4) is 0 Å². The Labute approximate surface area is 102 Å². The van der Waals surface area contributed by atoms with E-state index in [1.54, 1.807) is 0 Å². The lowest BCUT2D eigenvalue weighted by Crippen LogP contribution is -2.18. The van der Waals surface area contributed by atoms with Gasteiger partial charge >= 0.3 is 0 Å². The van der Waals surface area contributed by atoms with Crippen LogP contribution in [0.25, 0.3) is 10.9 Å². The van der Waals surface area contributed by atoms with Gasteiger partial charge in [0, 0.05) is 29.2 Å². The molecule has 1 unspecified atom stereocenters. The van der Waals surface area contributed by atoms with E-state index in [-0.39, 0.29) is 6.04 Å². The van der Waals surface area contributed by atoms with Gasteiger partial charge in [0.2, 0.25) is 0 Å². The number of hydrogen-bond acceptors (Lipinski definition) is 1. The topological polar surface area (TPSA) is 30.9 Å². The molecule has 1 atom stereocenters. The summed E-state index contributed by atoms with van der Waals surface area (Å²) < 4.78 is 2.45. The highest BCUT2D eigenvalue weighted by molar-refractivity contribution is 5.84. The van der Waals surface area contributed by atoms with Crippen LogP contribution < -0.4 is 5.73 Å². The molecule has 2 nitrogen and oxygen atoms in total. The lowest BCUT2D eigenvalue weighted by molar-refractivity contribution is 0.321. The molecule has 1 fully saturated rings. The minimum atomic E-state index is 0.229. The molecule has 0 bridgehead atoms. The van der Waals surface area contributed by atoms with E-state index in [1.807, 2.05) is 0 Å². The summed E-state index contributed by atoms with van der Waals surface area (Å²) in [4.78, 5) is 0. The van der Waals surface area contributed by atoms with Crippen molar-refractivity contribution in [1.82, 2.24) is 4.57 Å². The van der Waals surface area contributed by atoms with Gasteiger partial charge in [-0.1, -0.05) is 12.1 Å². The fraction of sp³-hybridized carbons (Fsp3) is 0.467. The fourth-order valence-corrected chi connectivity index (χ4v) is 2.76. The zero-order chi connectivity index (χ0) is 11.8. The molecule has 2 N–H and O–H groups in total. The van der Waals surface area contributed by atoms with Crippen LogP contribution in [-0.2, 0) is 6.42 Å². The maximum Gasteiger partial charge on any atom is 0.0485 e. The van der Waals surface area contributed by atoms with Crippen molar-refractivity contribution in [2.24, 2.45) is 5.73 Å². The van der Waals surface area contributed by atoms with Crippen molar-refractivity contribution in [3.8, 4) is 0 Å². The number of benzene rings is 1. The molecule has 1 aromatic carbocycles. The quantitative estimate of drug-likeness (QED) is 0.859. The molecule has 90 valence electrons. The van der Waals surface area contributed by atoms with Gasteiger partial charge in [-0.25, -0.2) is 0 Å². The van der Waals surface area contributed by atoms with Crippen LogP contribution in [0.2, 0.25) is 0 Å². The molecule has 1 aromatic heterocycles. The maximum absolute atomic E-state index is 5.91. The Hall–Kier alpha value is -1.28. The molecule has 1 aliphatic carbocycles. The first-order chi connectivity index (χ1) is 8.25. The molecule has 1 aliphatic rings. The molecule has 2 heteroatoms. The van der Waals surface area contributed by atoms with Crippen LogP contribution >= 0.6 is 0 Å². The van der Waals surface area contributed by atoms with Crippen LogP contribution in [0.5, 0.6) is 0 Å². The molecular formula is C15H20N2. The Bertz CT molecular complexity index is 521. The van der Waals surface area contributed by atoms with Crippen molar-refractivity contribution < 1.29 is 0 Å². The van der Waals surface area contributed by atoms with Crippen LogP contribution in [0, 0.1) is 0 Å². The molecule has 2 aromatic rings. The number of nitrogens with two attached hydrogens (primary N) is 1. The lowest BCUT2D eigenvalue weighted by atomic mass is 9.93. The molecular weight excluding hydrogens is 208 g/mol. The Kier molecular flexibility index (Phi) is 2.67. The van der Waals surface area contributed by atoms with Gasteiger partial charge in [-0.2, -0.15) is 0 Å². The van der Waals surface area contributed by atoms with Gasteiger partial charge in [-0.05, 0) is 50.3 Å². The number of hydrogen-bond donors (Lipinski definition) is 1. The largest absolute Gasteiger partial charge is 0.344 e. The summed E-state index contributed by atoms with van der Waals surface area (Å²) in [6.07, 6.45) is 7.26. The van der Waals surface area contributed by atoms with E-state index in [9.17, 15) is 0 Å². The molecule has 0 radical (unpaired) electrons. The predicted molar refractivity (Wildman–Crippen MR) is 72.2 cm³/mol. The number of rotatable bonds is 3. The van der Waals surface area contributed by atoms with E-state index < -0.39 is 0 Å². The molecule has 1 saturated carbocycles. The van der Waals surface area contributed by atoms with Gasteiger partial charge < -0.3 is 10.3 Å². The normalized spacial score (nSPS) is 18.2. The molecule has 0 amide bonds. The highest BCUT2D eigenvalue weighted by Gasteiger charge is 2.20. The summed E-state index contributed by atoms with van der Waals surface area (Å²) in [7, 11) is 0. The molecule has 17 heavy (non-hydrogen) atoms. The van der Waals surface area contributed by atoms with Crippen molar-refractivity contribution in [2.45, 2.75) is 44.7 Å². The Balaban J connectivity index is 2.04. The predicted octanol–water partition coefficient (Wildman–Crippen LogP) is 3.26. The average Bonchev–Trinajstić information content (AvgIpc) is 2.60. The van der Waals surface area contributed by atoms with Gasteiger partial charge in [0.25, 0.3) is 0 Å². The van der Waals surface area contributed by atoms with Gasteiger partial charge in [-0.3, -0.25) is 0 Å². The third kappa shape index (κ3) is 1.87. The summed E-state index contributed by atoms with van der Waals surface area (Å²) in [6.45, 7) is 2.07. The zero-order valence-corrected chi connectivity index (χ0v) is 10.4. The molecule has 0 saturated heterocycles. The standard InChI is InChI=1S/C15H20N2/c1-11(16)10-12-4-2-7-15-14(12)8-9-17(15)13-5-3-6-13/h2,4,7-9,11,13H,3,5-6,10,16H2,1H3. The SMILES string of the molecule is CC(N)Cc1cccc2c1ccn2C1CCC1. The second kappa shape index (κ2) is 4.19. The van der Waals surface area contributed by atoms with Crippen molar-refractivity contribution in [3.05, 3.63) is 36.0 Å². The smallest absolute Gasteiger partial charge is 0.0485 e. The number of aromatic nitrogens is 1. The first-order valence-electron chi connectivity index (χ1n) is 6.60. The number of fused-ring (bicyclic) bond motifs is 1. The van der Waals surface area contributed by atoms with E-state index in [4.69, 9.17) is 5.73 Å². The monoisotopic (exact) mass is 228 g/mol. The van der Waals surface area contributed by atoms with Crippen molar-refractivity contribution >= 4 is 10.9 Å². The third-order valence-corrected chi connectivity index (χ3v) is 3.86. The summed E-state index contributed by atoms with van der Waals surface area (Å²) in [6, 6.07) is 9.82. The summed E-state index contributed by atoms with van der Waals surface area (Å²) >= 11 is 0. The second-order valence-electron chi connectivity index (χ2n) is 5.34. The van der Waals surface area contributed by atoms with Gasteiger partial charge in [0.15, 0.2) is 0 Å². The van der Waals surface area contributed by atoms with Crippen molar-refractivity contribution in [1.29, 1.82) is 0 Å². The van der Waals surface area contributed by atoms with Gasteiger partial charge in [0.1, 0.15) is 0 Å². The van der Waals surface area contributed by atoms with Crippen LogP contribution in [0.4, 0.5) is 0 Å². The molecule has 0 aliphatic heterocycles. The molecule has 1 heterocycles. The van der Waals surface area contributed by atoms with Crippen LogP contribution in [-0.4, -0.2) is 10.6 Å². The third-order valence-electron chi connectivity index (χ3n) is 3.86. The highest BCUT2D eigenvalue weighted by Crippen LogP contribution is 2.35. The van der Waals surface area contributed by atoms with E-state index in [0.717, 1.165) is 12.5 Å². The average molecular weight is 228 g/mol. The van der Waals surface area contributed by atoms with E-state index >= 15 is 0 Å². The number of nitrogens with zero attached hydrogens (tertiary/aromatic N) is 1. The van der Waals surface area contributed by atoms with E-state index in [2.05, 4.69) is 42.0 Å². The lowest BCUT2D eigenvalue weighted by Gasteiger charge is -2.28. The van der Waals surface area contributed by atoms with Gasteiger partial charge in [-0.15, -0.1) is 0 Å². The first-order valence-corrected chi connectivity index (χ1v) is 6.60. The Morgan fingerprint density at radius 2 is 2.18 bits per heavy atom. The summed E-state index contributed by atoms with van der Waals surface area (Å²) in [5.41, 5.74) is 8.68. The summed E-state index contributed by atoms with van der Waals surface area (Å²) in [5.74, 6) is 0. The second-order valence-corrected chi connectivity index (χ2v) is 5.34. The highest BCUT2D eigenvalue weighted by atomic mass is 15.0. The first kappa shape index (κ1) is 10.8. The fourth-order valence-electron chi connectivity index (χ4n) is 2.76.